The van der Waals surface area contributed by atoms with Crippen LogP contribution in [0.3, 0.4) is 0 Å². The summed E-state index contributed by atoms with van der Waals surface area (Å²) in [6.45, 7) is 28.0. The number of rotatable bonds is 4. The summed E-state index contributed by atoms with van der Waals surface area (Å²) in [7, 11) is 0. The van der Waals surface area contributed by atoms with Crippen LogP contribution in [-0.4, -0.2) is 3.21 Å². The predicted octanol–water partition coefficient (Wildman–Crippen LogP) is 7.41. The number of allylic oxidation sites excluding steroid dienone is 4. The minimum atomic E-state index is 0. The third kappa shape index (κ3) is 12.6. The van der Waals surface area contributed by atoms with Crippen LogP contribution >= 0.6 is 0 Å². The van der Waals surface area contributed by atoms with E-state index in [1.807, 2.05) is 12.2 Å². The SMILES string of the molecule is CC(C)(C)c1cc2[cH-]c3cc(C(C)(C)C)c(C(C)(C)C)cc3c2cc1C(C)(C)C.[C-]1=CC=CC1.[Cl-].[Cl-].[Zr+2]=[C](Cc1ccccc1)Cc1ccccc1. The van der Waals surface area contributed by atoms with Crippen LogP contribution in [0.15, 0.2) is 109 Å². The van der Waals surface area contributed by atoms with Crippen LogP contribution in [0.5, 0.6) is 0 Å². The molecule has 0 amide bonds. The third-order valence-electron chi connectivity index (χ3n) is 9.32. The van der Waals surface area contributed by atoms with Crippen LogP contribution in [0.1, 0.15) is 123 Å². The molecule has 1 aliphatic rings. The van der Waals surface area contributed by atoms with Gasteiger partial charge in [-0.3, -0.25) is 6.08 Å². The second-order valence-electron chi connectivity index (χ2n) is 18.0. The van der Waals surface area contributed by atoms with Crippen molar-refractivity contribution in [2.24, 2.45) is 0 Å². The first kappa shape index (κ1) is 45.7. The number of hydrogen-bond acceptors (Lipinski definition) is 0. The fourth-order valence-electron chi connectivity index (χ4n) is 6.68. The van der Waals surface area contributed by atoms with Crippen LogP contribution in [0.2, 0.25) is 0 Å². The Kier molecular flexibility index (Phi) is 16.5. The van der Waals surface area contributed by atoms with Crippen molar-refractivity contribution in [3.63, 3.8) is 0 Å². The maximum atomic E-state index is 2.99. The summed E-state index contributed by atoms with van der Waals surface area (Å²) in [6, 6.07) is 33.7. The van der Waals surface area contributed by atoms with Crippen molar-refractivity contribution in [2.45, 2.75) is 124 Å². The zero-order valence-corrected chi connectivity index (χ0v) is 37.7. The quantitative estimate of drug-likeness (QED) is 0.166. The van der Waals surface area contributed by atoms with Crippen molar-refractivity contribution in [2.75, 3.05) is 0 Å². The molecule has 0 aliphatic heterocycles. The first-order valence-corrected chi connectivity index (χ1v) is 19.6. The van der Waals surface area contributed by atoms with Gasteiger partial charge in [0.05, 0.1) is 0 Å². The average Bonchev–Trinajstić information content (AvgIpc) is 3.71. The van der Waals surface area contributed by atoms with Gasteiger partial charge in [-0.2, -0.15) is 6.08 Å². The zero-order valence-electron chi connectivity index (χ0n) is 33.8. The molecule has 0 heterocycles. The van der Waals surface area contributed by atoms with Crippen molar-refractivity contribution in [3.05, 3.63) is 149 Å². The Balaban J connectivity index is 0.000000340. The molecule has 3 heteroatoms. The Morgan fingerprint density at radius 3 is 1.17 bits per heavy atom. The second-order valence-corrected chi connectivity index (χ2v) is 19.8. The van der Waals surface area contributed by atoms with E-state index >= 15 is 0 Å². The topological polar surface area (TPSA) is 0 Å². The van der Waals surface area contributed by atoms with Gasteiger partial charge in [-0.05, 0) is 21.7 Å². The molecular formula is C49H60Cl2Zr-2. The average molecular weight is 811 g/mol. The molecule has 5 aromatic carbocycles. The van der Waals surface area contributed by atoms with Gasteiger partial charge in [0, 0.05) is 0 Å². The van der Waals surface area contributed by atoms with E-state index in [2.05, 4.69) is 186 Å². The molecule has 52 heavy (non-hydrogen) atoms. The molecule has 0 nitrogen and oxygen atoms in total. The van der Waals surface area contributed by atoms with E-state index in [9.17, 15) is 0 Å². The van der Waals surface area contributed by atoms with Gasteiger partial charge in [0.1, 0.15) is 0 Å². The molecular weight excluding hydrogens is 751 g/mol. The number of fused-ring (bicyclic) bond motifs is 3. The number of benzene rings is 4. The van der Waals surface area contributed by atoms with E-state index in [-0.39, 0.29) is 46.5 Å². The Bertz CT molecular complexity index is 1810. The normalized spacial score (nSPS) is 12.7. The van der Waals surface area contributed by atoms with E-state index in [1.165, 1.54) is 54.9 Å². The molecule has 0 bridgehead atoms. The van der Waals surface area contributed by atoms with Crippen LogP contribution < -0.4 is 24.8 Å². The van der Waals surface area contributed by atoms with Crippen molar-refractivity contribution < 1.29 is 49.0 Å². The molecule has 1 aliphatic carbocycles. The van der Waals surface area contributed by atoms with Gasteiger partial charge in [-0.15, -0.1) is 46.2 Å². The molecule has 0 unspecified atom stereocenters. The zero-order chi connectivity index (χ0) is 36.9. The number of hydrogen-bond donors (Lipinski definition) is 0. The van der Waals surface area contributed by atoms with Crippen molar-refractivity contribution >= 4 is 24.8 Å². The van der Waals surface area contributed by atoms with Gasteiger partial charge in [0.15, 0.2) is 0 Å². The molecule has 0 N–H and O–H groups in total. The van der Waals surface area contributed by atoms with Crippen LogP contribution in [0.4, 0.5) is 0 Å². The van der Waals surface area contributed by atoms with E-state index < -0.39 is 0 Å². The summed E-state index contributed by atoms with van der Waals surface area (Å²) in [6.07, 6.45) is 12.2. The van der Waals surface area contributed by atoms with Gasteiger partial charge in [-0.25, -0.2) is 12.2 Å². The van der Waals surface area contributed by atoms with Gasteiger partial charge >= 0.3 is 112 Å². The predicted molar refractivity (Wildman–Crippen MR) is 219 cm³/mol. The fraction of sp³-hybridized carbons (Fsp3) is 0.388. The molecule has 0 saturated heterocycles. The molecule has 0 atom stereocenters. The van der Waals surface area contributed by atoms with E-state index in [0.29, 0.717) is 0 Å². The van der Waals surface area contributed by atoms with Gasteiger partial charge in [-0.1, -0.05) is 117 Å². The molecule has 0 radical (unpaired) electrons. The minimum absolute atomic E-state index is 0. The van der Waals surface area contributed by atoms with Gasteiger partial charge < -0.3 is 24.8 Å². The molecule has 6 rings (SSSR count). The molecule has 0 aromatic heterocycles. The second kappa shape index (κ2) is 18.7. The summed E-state index contributed by atoms with van der Waals surface area (Å²) in [5.74, 6) is 0. The molecule has 0 spiro atoms. The fourth-order valence-corrected chi connectivity index (χ4v) is 7.68. The van der Waals surface area contributed by atoms with Crippen molar-refractivity contribution in [1.29, 1.82) is 0 Å². The summed E-state index contributed by atoms with van der Waals surface area (Å²) < 4.78 is 1.60. The Hall–Kier alpha value is -2.44. The molecule has 5 aromatic rings. The summed E-state index contributed by atoms with van der Waals surface area (Å²) in [5.41, 5.74) is 9.25. The molecule has 0 fully saturated rings. The third-order valence-corrected chi connectivity index (χ3v) is 10.2. The first-order chi connectivity index (χ1) is 23.2. The Labute approximate surface area is 344 Å². The van der Waals surface area contributed by atoms with Crippen LogP contribution in [-0.2, 0) is 58.7 Å². The summed E-state index contributed by atoms with van der Waals surface area (Å²) in [5, 5.41) is 5.57. The summed E-state index contributed by atoms with van der Waals surface area (Å²) >= 11 is 1.55. The molecule has 0 saturated carbocycles. The maximum absolute atomic E-state index is 2.99. The number of halogens is 2. The standard InChI is InChI=1S/C29H41.C15H14.C5H5.2ClH.Zr/c1-26(2,3)22-14-18-13-19-15-23(27(4,5)6)25(29(10,11)12)17-21(19)20(18)16-24(22)28(7,8)9;1-3-8-14(9-4-1)12-7-13-15-10-5-2-6-11-15;1-2-4-5-3-1;;;/h13-17H,1-12H3;1-6,8-11H,12-13H2;1-3H,4H2;2*1H;/q-1;;-1;;;+2/p-2. The molecule has 276 valence electrons. The van der Waals surface area contributed by atoms with E-state index in [0.717, 1.165) is 19.3 Å². The van der Waals surface area contributed by atoms with Crippen LogP contribution in [0, 0.1) is 6.08 Å². The van der Waals surface area contributed by atoms with Gasteiger partial charge in [0.25, 0.3) is 0 Å². The Morgan fingerprint density at radius 2 is 0.904 bits per heavy atom. The van der Waals surface area contributed by atoms with Crippen molar-refractivity contribution in [3.8, 4) is 0 Å². The summed E-state index contributed by atoms with van der Waals surface area (Å²) in [4.78, 5) is 0. The monoisotopic (exact) mass is 808 g/mol. The Morgan fingerprint density at radius 1 is 0.558 bits per heavy atom. The van der Waals surface area contributed by atoms with Crippen molar-refractivity contribution in [1.82, 2.24) is 0 Å². The van der Waals surface area contributed by atoms with Gasteiger partial charge in [0.2, 0.25) is 0 Å². The van der Waals surface area contributed by atoms with Crippen LogP contribution in [0.25, 0.3) is 21.5 Å². The van der Waals surface area contributed by atoms with E-state index in [4.69, 9.17) is 0 Å². The van der Waals surface area contributed by atoms with E-state index in [1.54, 1.807) is 27.4 Å². The first-order valence-electron chi connectivity index (χ1n) is 18.3.